The summed E-state index contributed by atoms with van der Waals surface area (Å²) in [5.41, 5.74) is 9.89. The molecule has 0 fully saturated rings. The van der Waals surface area contributed by atoms with Crippen LogP contribution in [-0.2, 0) is 0 Å². The lowest BCUT2D eigenvalue weighted by Crippen LogP contribution is -2.06. The van der Waals surface area contributed by atoms with Gasteiger partial charge in [-0.15, -0.1) is 0 Å². The maximum absolute atomic E-state index is 5.11. The molecule has 176 valence electrons. The molecular formula is C33H24N4. The van der Waals surface area contributed by atoms with Gasteiger partial charge in [0, 0.05) is 40.6 Å². The van der Waals surface area contributed by atoms with Gasteiger partial charge in [-0.2, -0.15) is 10.2 Å². The zero-order chi connectivity index (χ0) is 24.6. The molecule has 4 heterocycles. The Morgan fingerprint density at radius 3 is 1.30 bits per heavy atom. The zero-order valence-corrected chi connectivity index (χ0v) is 20.1. The van der Waals surface area contributed by atoms with Crippen LogP contribution in [0.5, 0.6) is 0 Å². The van der Waals surface area contributed by atoms with E-state index in [4.69, 9.17) is 10.2 Å². The van der Waals surface area contributed by atoms with Crippen molar-refractivity contribution in [2.45, 2.75) is 5.92 Å². The van der Waals surface area contributed by atoms with Crippen LogP contribution in [0.2, 0.25) is 0 Å². The molecule has 37 heavy (non-hydrogen) atoms. The Kier molecular flexibility index (Phi) is 5.14. The Bertz CT molecular complexity index is 1700. The largest absolute Gasteiger partial charge is 0.240 e. The van der Waals surface area contributed by atoms with Crippen molar-refractivity contribution in [1.29, 1.82) is 0 Å². The van der Waals surface area contributed by atoms with E-state index in [-0.39, 0.29) is 5.92 Å². The molecule has 4 aromatic heterocycles. The third kappa shape index (κ3) is 3.62. The molecule has 7 rings (SSSR count). The van der Waals surface area contributed by atoms with E-state index in [0.717, 1.165) is 33.5 Å². The van der Waals surface area contributed by atoms with E-state index >= 15 is 0 Å². The van der Waals surface area contributed by atoms with Crippen LogP contribution in [0.3, 0.4) is 0 Å². The first-order valence-electron chi connectivity index (χ1n) is 12.5. The molecule has 0 atom stereocenters. The number of hydrogen-bond acceptors (Lipinski definition) is 2. The van der Waals surface area contributed by atoms with Crippen LogP contribution >= 0.6 is 0 Å². The lowest BCUT2D eigenvalue weighted by molar-refractivity contribution is 0.966. The summed E-state index contributed by atoms with van der Waals surface area (Å²) in [6, 6.07) is 44.3. The molecule has 0 aliphatic carbocycles. The van der Waals surface area contributed by atoms with Crippen LogP contribution < -0.4 is 0 Å². The predicted molar refractivity (Wildman–Crippen MR) is 149 cm³/mol. The third-order valence-electron chi connectivity index (χ3n) is 6.96. The SMILES string of the molecule is c1ccc(-c2nn3ccccc3c2C(c2ccccc2)c2c(-c3ccccc3)nn3ccccc23)cc1. The summed E-state index contributed by atoms with van der Waals surface area (Å²) >= 11 is 0. The summed E-state index contributed by atoms with van der Waals surface area (Å²) in [5.74, 6) is -0.0913. The van der Waals surface area contributed by atoms with E-state index < -0.39 is 0 Å². The lowest BCUT2D eigenvalue weighted by Gasteiger charge is -2.20. The van der Waals surface area contributed by atoms with Crippen LogP contribution in [0.25, 0.3) is 33.5 Å². The third-order valence-corrected chi connectivity index (χ3v) is 6.96. The van der Waals surface area contributed by atoms with E-state index in [1.165, 1.54) is 16.7 Å². The van der Waals surface area contributed by atoms with Gasteiger partial charge in [0.1, 0.15) is 0 Å². The van der Waals surface area contributed by atoms with Crippen molar-refractivity contribution in [3.63, 3.8) is 0 Å². The Hall–Kier alpha value is -4.96. The van der Waals surface area contributed by atoms with Gasteiger partial charge in [0.05, 0.1) is 22.4 Å². The highest BCUT2D eigenvalue weighted by molar-refractivity contribution is 5.82. The predicted octanol–water partition coefficient (Wildman–Crippen LogP) is 7.50. The Morgan fingerprint density at radius 2 is 0.838 bits per heavy atom. The van der Waals surface area contributed by atoms with Gasteiger partial charge in [-0.1, -0.05) is 103 Å². The quantitative estimate of drug-likeness (QED) is 0.258. The van der Waals surface area contributed by atoms with Crippen molar-refractivity contribution in [2.75, 3.05) is 0 Å². The molecule has 4 heteroatoms. The monoisotopic (exact) mass is 476 g/mol. The van der Waals surface area contributed by atoms with Gasteiger partial charge < -0.3 is 0 Å². The van der Waals surface area contributed by atoms with Crippen molar-refractivity contribution in [1.82, 2.24) is 19.2 Å². The van der Waals surface area contributed by atoms with Crippen LogP contribution in [-0.4, -0.2) is 19.2 Å². The summed E-state index contributed by atoms with van der Waals surface area (Å²) in [5, 5.41) is 10.2. The summed E-state index contributed by atoms with van der Waals surface area (Å²) in [7, 11) is 0. The fourth-order valence-electron chi connectivity index (χ4n) is 5.35. The summed E-state index contributed by atoms with van der Waals surface area (Å²) < 4.78 is 4.00. The highest BCUT2D eigenvalue weighted by Gasteiger charge is 2.31. The van der Waals surface area contributed by atoms with Crippen molar-refractivity contribution in [3.8, 4) is 22.5 Å². The van der Waals surface area contributed by atoms with Crippen LogP contribution in [0.15, 0.2) is 140 Å². The molecule has 0 N–H and O–H groups in total. The second-order valence-electron chi connectivity index (χ2n) is 9.16. The Balaban J connectivity index is 1.62. The normalized spacial score (nSPS) is 11.5. The molecule has 0 amide bonds. The molecule has 0 aliphatic heterocycles. The number of nitrogens with zero attached hydrogens (tertiary/aromatic N) is 4. The fourth-order valence-corrected chi connectivity index (χ4v) is 5.35. The summed E-state index contributed by atoms with van der Waals surface area (Å²) in [4.78, 5) is 0. The Labute approximate surface area is 215 Å². The molecule has 0 saturated heterocycles. The van der Waals surface area contributed by atoms with E-state index in [1.54, 1.807) is 0 Å². The molecular weight excluding hydrogens is 452 g/mol. The molecule has 0 bridgehead atoms. The van der Waals surface area contributed by atoms with E-state index in [2.05, 4.69) is 103 Å². The van der Waals surface area contributed by atoms with Crippen LogP contribution in [0.1, 0.15) is 22.6 Å². The van der Waals surface area contributed by atoms with Crippen molar-refractivity contribution in [2.24, 2.45) is 0 Å². The van der Waals surface area contributed by atoms with Gasteiger partial charge in [0.15, 0.2) is 0 Å². The average Bonchev–Trinajstić information content (AvgIpc) is 3.55. The van der Waals surface area contributed by atoms with Gasteiger partial charge in [0.2, 0.25) is 0 Å². The second kappa shape index (κ2) is 8.92. The first-order valence-corrected chi connectivity index (χ1v) is 12.5. The first-order chi connectivity index (χ1) is 18.4. The maximum Gasteiger partial charge on any atom is 0.0975 e. The lowest BCUT2D eigenvalue weighted by atomic mass is 9.81. The molecule has 3 aromatic carbocycles. The Morgan fingerprint density at radius 1 is 0.432 bits per heavy atom. The topological polar surface area (TPSA) is 34.6 Å². The molecule has 0 unspecified atom stereocenters. The van der Waals surface area contributed by atoms with Crippen LogP contribution in [0.4, 0.5) is 0 Å². The van der Waals surface area contributed by atoms with Crippen LogP contribution in [0, 0.1) is 0 Å². The molecule has 0 radical (unpaired) electrons. The van der Waals surface area contributed by atoms with Gasteiger partial charge in [0.25, 0.3) is 0 Å². The molecule has 0 saturated carbocycles. The average molecular weight is 477 g/mol. The summed E-state index contributed by atoms with van der Waals surface area (Å²) in [6.07, 6.45) is 4.06. The fraction of sp³-hybridized carbons (Fsp3) is 0.0303. The minimum atomic E-state index is -0.0913. The minimum Gasteiger partial charge on any atom is -0.240 e. The number of fused-ring (bicyclic) bond motifs is 2. The molecule has 7 aromatic rings. The number of aromatic nitrogens is 4. The smallest absolute Gasteiger partial charge is 0.0975 e. The maximum atomic E-state index is 5.11. The van der Waals surface area contributed by atoms with Gasteiger partial charge in [-0.05, 0) is 29.8 Å². The van der Waals surface area contributed by atoms with E-state index in [1.807, 2.05) is 45.7 Å². The van der Waals surface area contributed by atoms with Gasteiger partial charge in [-0.3, -0.25) is 0 Å². The number of hydrogen-bond donors (Lipinski definition) is 0. The van der Waals surface area contributed by atoms with Crippen molar-refractivity contribution in [3.05, 3.63) is 156 Å². The van der Waals surface area contributed by atoms with Crippen molar-refractivity contribution < 1.29 is 0 Å². The second-order valence-corrected chi connectivity index (χ2v) is 9.16. The number of rotatable bonds is 5. The van der Waals surface area contributed by atoms with Crippen molar-refractivity contribution >= 4 is 11.0 Å². The highest BCUT2D eigenvalue weighted by atomic mass is 15.2. The first kappa shape index (κ1) is 21.3. The standard InChI is InChI=1S/C33H24N4/c1-4-14-24(15-5-1)29(30-27-20-10-12-22-36(27)34-32(30)25-16-6-2-7-17-25)31-28-21-11-13-23-37(28)35-33(31)26-18-8-3-9-19-26/h1-23,29H. The van der Waals surface area contributed by atoms with Gasteiger partial charge >= 0.3 is 0 Å². The minimum absolute atomic E-state index is 0.0913. The molecule has 0 aliphatic rings. The zero-order valence-electron chi connectivity index (χ0n) is 20.1. The van der Waals surface area contributed by atoms with Gasteiger partial charge in [-0.25, -0.2) is 9.03 Å². The molecule has 0 spiro atoms. The van der Waals surface area contributed by atoms with E-state index in [9.17, 15) is 0 Å². The van der Waals surface area contributed by atoms with E-state index in [0.29, 0.717) is 0 Å². The molecule has 4 nitrogen and oxygen atoms in total. The summed E-state index contributed by atoms with van der Waals surface area (Å²) in [6.45, 7) is 0. The number of benzene rings is 3. The number of pyridine rings is 2. The highest BCUT2D eigenvalue weighted by Crippen LogP contribution is 2.44.